The summed E-state index contributed by atoms with van der Waals surface area (Å²) < 4.78 is 0. The maximum absolute atomic E-state index is 12.5. The number of benzene rings is 1. The van der Waals surface area contributed by atoms with Gasteiger partial charge in [0.25, 0.3) is 5.91 Å². The number of thioether (sulfide) groups is 1. The number of phenols is 1. The number of aromatic nitrogens is 3. The molecule has 1 aromatic carbocycles. The number of carbonyl (C=O) groups excluding carboxylic acids is 3. The molecule has 0 bridgehead atoms. The van der Waals surface area contributed by atoms with Gasteiger partial charge in [-0.2, -0.15) is 0 Å². The van der Waals surface area contributed by atoms with E-state index in [0.29, 0.717) is 16.7 Å². The molecule has 0 spiro atoms. The normalized spacial score (nSPS) is 18.7. The van der Waals surface area contributed by atoms with Gasteiger partial charge in [-0.3, -0.25) is 19.8 Å². The number of ketones is 1. The highest BCUT2D eigenvalue weighted by Gasteiger charge is 2.39. The zero-order valence-electron chi connectivity index (χ0n) is 16.0. The number of Topliss-reactive ketones (excluding diaryl/α,β-unsaturated/α-hetero) is 1. The summed E-state index contributed by atoms with van der Waals surface area (Å²) in [5.74, 6) is -0.779. The number of hydrogen-bond acceptors (Lipinski definition) is 7. The second kappa shape index (κ2) is 8.15. The first kappa shape index (κ1) is 19.9. The van der Waals surface area contributed by atoms with Crippen LogP contribution in [0.4, 0.5) is 0 Å². The molecule has 2 aromatic heterocycles. The van der Waals surface area contributed by atoms with E-state index in [1.54, 1.807) is 43.5 Å². The van der Waals surface area contributed by atoms with Crippen LogP contribution < -0.4 is 5.43 Å². The van der Waals surface area contributed by atoms with Crippen molar-refractivity contribution in [2.75, 3.05) is 0 Å². The number of amides is 2. The van der Waals surface area contributed by atoms with Crippen LogP contribution in [0.25, 0.3) is 11.2 Å². The molecule has 30 heavy (non-hydrogen) atoms. The van der Waals surface area contributed by atoms with Gasteiger partial charge < -0.3 is 10.1 Å². The summed E-state index contributed by atoms with van der Waals surface area (Å²) in [5.41, 5.74) is 4.39. The predicted octanol–water partition coefficient (Wildman–Crippen LogP) is 2.32. The van der Waals surface area contributed by atoms with Gasteiger partial charge in [0.05, 0.1) is 10.8 Å². The lowest BCUT2D eigenvalue weighted by Crippen LogP contribution is -2.45. The lowest BCUT2D eigenvalue weighted by molar-refractivity contribution is -0.140. The van der Waals surface area contributed by atoms with Gasteiger partial charge in [0.2, 0.25) is 5.91 Å². The molecular weight excluding hydrogens is 406 g/mol. The molecular formula is C20H19N5O4S. The maximum Gasteiger partial charge on any atom is 0.255 e. The van der Waals surface area contributed by atoms with Crippen LogP contribution in [0, 0.1) is 0 Å². The molecule has 2 atom stereocenters. The molecule has 10 heteroatoms. The van der Waals surface area contributed by atoms with Crippen molar-refractivity contribution >= 4 is 40.5 Å². The molecule has 0 radical (unpaired) electrons. The Morgan fingerprint density at radius 1 is 1.27 bits per heavy atom. The number of imidazole rings is 1. The number of aromatic hydroxyl groups is 1. The fourth-order valence-electron chi connectivity index (χ4n) is 3.16. The molecule has 0 aliphatic carbocycles. The quantitative estimate of drug-likeness (QED) is 0.517. The Kier molecular flexibility index (Phi) is 5.40. The number of rotatable bonds is 6. The van der Waals surface area contributed by atoms with Crippen molar-refractivity contribution in [3.63, 3.8) is 0 Å². The van der Waals surface area contributed by atoms with Gasteiger partial charge in [0.15, 0.2) is 17.3 Å². The molecule has 4 rings (SSSR count). The Morgan fingerprint density at radius 3 is 2.87 bits per heavy atom. The minimum absolute atomic E-state index is 0.0623. The molecule has 1 aliphatic rings. The van der Waals surface area contributed by atoms with Gasteiger partial charge in [0, 0.05) is 19.0 Å². The molecule has 3 heterocycles. The summed E-state index contributed by atoms with van der Waals surface area (Å²) in [6, 6.07) is 10.0. The Balaban J connectivity index is 1.40. The number of aromatic amines is 1. The SMILES string of the molecule is CC1SC(c2cccc(O)c2)N(NC(=O)CCC(=O)c2nc3ncccc3[nH]2)C1=O. The lowest BCUT2D eigenvalue weighted by Gasteiger charge is -2.24. The summed E-state index contributed by atoms with van der Waals surface area (Å²) in [4.78, 5) is 48.4. The van der Waals surface area contributed by atoms with Crippen molar-refractivity contribution < 1.29 is 19.5 Å². The first-order valence-electron chi connectivity index (χ1n) is 9.33. The Labute approximate surface area is 175 Å². The summed E-state index contributed by atoms with van der Waals surface area (Å²) >= 11 is 1.37. The number of pyridine rings is 1. The second-order valence-corrected chi connectivity index (χ2v) is 8.28. The molecule has 3 aromatic rings. The fourth-order valence-corrected chi connectivity index (χ4v) is 4.36. The average molecular weight is 425 g/mol. The first-order chi connectivity index (χ1) is 14.4. The minimum atomic E-state index is -0.458. The van der Waals surface area contributed by atoms with Gasteiger partial charge in [-0.15, -0.1) is 11.8 Å². The van der Waals surface area contributed by atoms with Crippen LogP contribution in [0.2, 0.25) is 0 Å². The maximum atomic E-state index is 12.5. The van der Waals surface area contributed by atoms with E-state index in [9.17, 15) is 19.5 Å². The third-order valence-electron chi connectivity index (χ3n) is 4.65. The number of nitrogens with one attached hydrogen (secondary N) is 2. The van der Waals surface area contributed by atoms with Crippen molar-refractivity contribution in [1.82, 2.24) is 25.4 Å². The van der Waals surface area contributed by atoms with Gasteiger partial charge in [-0.1, -0.05) is 12.1 Å². The molecule has 154 valence electrons. The summed E-state index contributed by atoms with van der Waals surface area (Å²) in [6.45, 7) is 1.76. The third-order valence-corrected chi connectivity index (χ3v) is 6.00. The van der Waals surface area contributed by atoms with E-state index in [1.807, 2.05) is 0 Å². The van der Waals surface area contributed by atoms with Crippen LogP contribution >= 0.6 is 11.8 Å². The van der Waals surface area contributed by atoms with Crippen molar-refractivity contribution in [3.8, 4) is 5.75 Å². The van der Waals surface area contributed by atoms with Crippen molar-refractivity contribution in [2.24, 2.45) is 0 Å². The molecule has 9 nitrogen and oxygen atoms in total. The standard InChI is InChI=1S/C20H19N5O4S/c1-11-19(29)25(20(30-11)12-4-2-5-13(26)10-12)24-16(28)8-7-15(27)18-22-14-6-3-9-21-17(14)23-18/h2-6,9-11,20,26H,7-8H2,1H3,(H,24,28)(H,21,22,23). The molecule has 3 N–H and O–H groups in total. The van der Waals surface area contributed by atoms with Gasteiger partial charge in [0.1, 0.15) is 11.1 Å². The van der Waals surface area contributed by atoms with Gasteiger partial charge in [-0.25, -0.2) is 15.0 Å². The van der Waals surface area contributed by atoms with Crippen LogP contribution in [0.1, 0.15) is 41.3 Å². The monoisotopic (exact) mass is 425 g/mol. The van der Waals surface area contributed by atoms with Gasteiger partial charge in [-0.05, 0) is 36.8 Å². The number of H-pyrrole nitrogens is 1. The van der Waals surface area contributed by atoms with Crippen molar-refractivity contribution in [2.45, 2.75) is 30.4 Å². The van der Waals surface area contributed by atoms with Crippen LogP contribution in [0.3, 0.4) is 0 Å². The zero-order chi connectivity index (χ0) is 21.3. The molecule has 1 saturated heterocycles. The highest BCUT2D eigenvalue weighted by Crippen LogP contribution is 2.42. The highest BCUT2D eigenvalue weighted by atomic mass is 32.2. The van der Waals surface area contributed by atoms with Crippen LogP contribution in [-0.4, -0.2) is 47.9 Å². The number of phenolic OH excluding ortho intramolecular Hbond substituents is 1. The molecule has 1 fully saturated rings. The zero-order valence-corrected chi connectivity index (χ0v) is 16.8. The van der Waals surface area contributed by atoms with E-state index in [0.717, 1.165) is 0 Å². The highest BCUT2D eigenvalue weighted by molar-refractivity contribution is 8.01. The second-order valence-electron chi connectivity index (χ2n) is 6.85. The molecule has 2 unspecified atom stereocenters. The third kappa shape index (κ3) is 3.99. The minimum Gasteiger partial charge on any atom is -0.508 e. The fraction of sp³-hybridized carbons (Fsp3) is 0.250. The lowest BCUT2D eigenvalue weighted by atomic mass is 10.2. The molecule has 2 amide bonds. The molecule has 0 saturated carbocycles. The van der Waals surface area contributed by atoms with E-state index in [2.05, 4.69) is 20.4 Å². The van der Waals surface area contributed by atoms with Crippen LogP contribution in [-0.2, 0) is 9.59 Å². The number of carbonyl (C=O) groups is 3. The van der Waals surface area contributed by atoms with Crippen LogP contribution in [0.15, 0.2) is 42.6 Å². The summed E-state index contributed by atoms with van der Waals surface area (Å²) in [6.07, 6.45) is 1.42. The topological polar surface area (TPSA) is 128 Å². The number of hydrogen-bond donors (Lipinski definition) is 3. The predicted molar refractivity (Wildman–Crippen MR) is 110 cm³/mol. The van der Waals surface area contributed by atoms with Crippen LogP contribution in [0.5, 0.6) is 5.75 Å². The molecule has 1 aliphatic heterocycles. The average Bonchev–Trinajstić information content (AvgIpc) is 3.29. The Morgan fingerprint density at radius 2 is 2.10 bits per heavy atom. The number of hydrazine groups is 1. The van der Waals surface area contributed by atoms with E-state index in [1.165, 1.54) is 22.8 Å². The van der Waals surface area contributed by atoms with E-state index < -0.39 is 11.3 Å². The summed E-state index contributed by atoms with van der Waals surface area (Å²) in [5, 5.41) is 10.2. The van der Waals surface area contributed by atoms with E-state index in [4.69, 9.17) is 0 Å². The van der Waals surface area contributed by atoms with E-state index >= 15 is 0 Å². The van der Waals surface area contributed by atoms with Crippen molar-refractivity contribution in [1.29, 1.82) is 0 Å². The Hall–Kier alpha value is -3.40. The Bertz CT molecular complexity index is 1100. The smallest absolute Gasteiger partial charge is 0.255 e. The summed E-state index contributed by atoms with van der Waals surface area (Å²) in [7, 11) is 0. The van der Waals surface area contributed by atoms with E-state index in [-0.39, 0.29) is 41.4 Å². The van der Waals surface area contributed by atoms with Gasteiger partial charge >= 0.3 is 0 Å². The first-order valence-corrected chi connectivity index (χ1v) is 10.3. The van der Waals surface area contributed by atoms with Crippen molar-refractivity contribution in [3.05, 3.63) is 54.0 Å². The largest absolute Gasteiger partial charge is 0.508 e. The number of nitrogens with zero attached hydrogens (tertiary/aromatic N) is 3. The number of fused-ring (bicyclic) bond motifs is 1.